The number of amides is 1. The number of carbonyl (C=O) groups is 2. The Morgan fingerprint density at radius 3 is 2.52 bits per heavy atom. The number of fused-ring (bicyclic) bond motifs is 2. The molecule has 0 spiro atoms. The zero-order valence-electron chi connectivity index (χ0n) is 18.1. The number of aryl methyl sites for hydroxylation is 1. The fourth-order valence-electron chi connectivity index (χ4n) is 4.30. The van der Waals surface area contributed by atoms with Crippen molar-refractivity contribution in [3.05, 3.63) is 77.0 Å². The van der Waals surface area contributed by atoms with Crippen LogP contribution in [0.25, 0.3) is 10.9 Å². The first-order chi connectivity index (χ1) is 15.0. The molecule has 1 amide bonds. The highest BCUT2D eigenvalue weighted by atomic mass is 16.5. The molecule has 31 heavy (non-hydrogen) atoms. The van der Waals surface area contributed by atoms with E-state index >= 15 is 0 Å². The number of likely N-dealkylation sites (N-methyl/N-ethyl adjacent to an activating group) is 1. The molecular weight excluding hydrogens is 388 g/mol. The second-order valence-corrected chi connectivity index (χ2v) is 8.22. The van der Waals surface area contributed by atoms with Crippen LogP contribution in [-0.2, 0) is 28.9 Å². The molecule has 1 aliphatic rings. The number of pyridine rings is 1. The van der Waals surface area contributed by atoms with Crippen LogP contribution in [0, 0.1) is 0 Å². The van der Waals surface area contributed by atoms with E-state index in [1.54, 1.807) is 18.9 Å². The predicted octanol–water partition coefficient (Wildman–Crippen LogP) is 4.71. The van der Waals surface area contributed by atoms with Crippen LogP contribution in [0.1, 0.15) is 53.4 Å². The number of rotatable bonds is 5. The molecule has 1 atom stereocenters. The second-order valence-electron chi connectivity index (χ2n) is 8.22. The summed E-state index contributed by atoms with van der Waals surface area (Å²) in [6, 6.07) is 17.5. The van der Waals surface area contributed by atoms with Gasteiger partial charge in [-0.25, -0.2) is 4.79 Å². The van der Waals surface area contributed by atoms with Crippen LogP contribution < -0.4 is 0 Å². The maximum absolute atomic E-state index is 13.3. The van der Waals surface area contributed by atoms with Gasteiger partial charge in [-0.3, -0.25) is 9.78 Å². The first-order valence-corrected chi connectivity index (χ1v) is 10.9. The highest BCUT2D eigenvalue weighted by Crippen LogP contribution is 2.29. The lowest BCUT2D eigenvalue weighted by Crippen LogP contribution is -2.37. The van der Waals surface area contributed by atoms with Crippen molar-refractivity contribution in [1.82, 2.24) is 9.88 Å². The topological polar surface area (TPSA) is 59.5 Å². The van der Waals surface area contributed by atoms with Crippen LogP contribution in [0.15, 0.2) is 54.6 Å². The number of aromatic nitrogens is 1. The Morgan fingerprint density at radius 2 is 1.71 bits per heavy atom. The summed E-state index contributed by atoms with van der Waals surface area (Å²) >= 11 is 0. The molecule has 5 nitrogen and oxygen atoms in total. The van der Waals surface area contributed by atoms with Crippen molar-refractivity contribution in [2.75, 3.05) is 7.05 Å². The van der Waals surface area contributed by atoms with Gasteiger partial charge in [-0.1, -0.05) is 55.0 Å². The van der Waals surface area contributed by atoms with Crippen molar-refractivity contribution in [3.63, 3.8) is 0 Å². The maximum atomic E-state index is 13.3. The lowest BCUT2D eigenvalue weighted by molar-refractivity contribution is -0.139. The molecular formula is C26H28N2O3. The zero-order valence-corrected chi connectivity index (χ0v) is 18.1. The van der Waals surface area contributed by atoms with Crippen LogP contribution in [0.4, 0.5) is 0 Å². The van der Waals surface area contributed by atoms with Crippen LogP contribution in [0.3, 0.4) is 0 Å². The molecule has 0 fully saturated rings. The Labute approximate surface area is 183 Å². The summed E-state index contributed by atoms with van der Waals surface area (Å²) in [4.78, 5) is 32.6. The molecule has 160 valence electrons. The number of esters is 1. The molecule has 1 aromatic heterocycles. The van der Waals surface area contributed by atoms with Gasteiger partial charge in [0.1, 0.15) is 0 Å². The van der Waals surface area contributed by atoms with Crippen molar-refractivity contribution >= 4 is 22.8 Å². The van der Waals surface area contributed by atoms with Gasteiger partial charge >= 0.3 is 5.97 Å². The van der Waals surface area contributed by atoms with Gasteiger partial charge < -0.3 is 9.64 Å². The lowest BCUT2D eigenvalue weighted by Gasteiger charge is -2.22. The van der Waals surface area contributed by atoms with Gasteiger partial charge in [0.2, 0.25) is 0 Å². The number of para-hydroxylation sites is 1. The van der Waals surface area contributed by atoms with E-state index in [2.05, 4.69) is 0 Å². The first-order valence-electron chi connectivity index (χ1n) is 10.9. The minimum absolute atomic E-state index is 0.221. The van der Waals surface area contributed by atoms with Gasteiger partial charge in [-0.15, -0.1) is 0 Å². The molecule has 1 heterocycles. The van der Waals surface area contributed by atoms with E-state index in [9.17, 15) is 9.59 Å². The summed E-state index contributed by atoms with van der Waals surface area (Å²) in [6.07, 6.45) is 4.05. The molecule has 0 saturated carbocycles. The van der Waals surface area contributed by atoms with Gasteiger partial charge in [0.25, 0.3) is 5.91 Å². The van der Waals surface area contributed by atoms with Gasteiger partial charge in [-0.2, -0.15) is 0 Å². The Morgan fingerprint density at radius 1 is 1.00 bits per heavy atom. The third-order valence-electron chi connectivity index (χ3n) is 5.89. The van der Waals surface area contributed by atoms with Gasteiger partial charge in [0, 0.05) is 24.7 Å². The SMILES string of the molecule is C[C@H](OC(=O)c1c2c(nc3ccccc13)CCCCC2)C(=O)N(C)Cc1ccccc1. The van der Waals surface area contributed by atoms with Crippen LogP contribution in [-0.4, -0.2) is 34.9 Å². The second kappa shape index (κ2) is 9.29. The van der Waals surface area contributed by atoms with E-state index in [1.165, 1.54) is 0 Å². The van der Waals surface area contributed by atoms with Gasteiger partial charge in [0.15, 0.2) is 6.10 Å². The van der Waals surface area contributed by atoms with E-state index in [0.29, 0.717) is 12.1 Å². The summed E-state index contributed by atoms with van der Waals surface area (Å²) in [5.74, 6) is -0.660. The number of hydrogen-bond donors (Lipinski definition) is 0. The lowest BCUT2D eigenvalue weighted by atomic mass is 9.97. The summed E-state index contributed by atoms with van der Waals surface area (Å²) < 4.78 is 5.71. The van der Waals surface area contributed by atoms with E-state index in [1.807, 2.05) is 54.6 Å². The molecule has 0 saturated heterocycles. The monoisotopic (exact) mass is 416 g/mol. The number of ether oxygens (including phenoxy) is 1. The Balaban J connectivity index is 1.58. The molecule has 3 aromatic rings. The molecule has 0 bridgehead atoms. The average molecular weight is 417 g/mol. The maximum Gasteiger partial charge on any atom is 0.339 e. The third kappa shape index (κ3) is 4.61. The Hall–Kier alpha value is -3.21. The number of hydrogen-bond acceptors (Lipinski definition) is 4. The van der Waals surface area contributed by atoms with Crippen molar-refractivity contribution in [1.29, 1.82) is 0 Å². The highest BCUT2D eigenvalue weighted by molar-refractivity contribution is 6.05. The highest BCUT2D eigenvalue weighted by Gasteiger charge is 2.27. The van der Waals surface area contributed by atoms with E-state index in [4.69, 9.17) is 9.72 Å². The Bertz CT molecular complexity index is 1090. The van der Waals surface area contributed by atoms with Crippen molar-refractivity contribution in [3.8, 4) is 0 Å². The molecule has 2 aromatic carbocycles. The number of carbonyl (C=O) groups excluding carboxylic acids is 2. The number of nitrogens with zero attached hydrogens (tertiary/aromatic N) is 2. The minimum atomic E-state index is -0.866. The largest absolute Gasteiger partial charge is 0.449 e. The van der Waals surface area contributed by atoms with E-state index < -0.39 is 12.1 Å². The molecule has 4 rings (SSSR count). The molecule has 0 N–H and O–H groups in total. The van der Waals surface area contributed by atoms with Crippen molar-refractivity contribution in [2.45, 2.75) is 51.7 Å². The molecule has 5 heteroatoms. The molecule has 1 aliphatic carbocycles. The molecule has 0 unspecified atom stereocenters. The third-order valence-corrected chi connectivity index (χ3v) is 5.89. The smallest absolute Gasteiger partial charge is 0.339 e. The fourth-order valence-corrected chi connectivity index (χ4v) is 4.30. The van der Waals surface area contributed by atoms with E-state index in [-0.39, 0.29) is 5.91 Å². The summed E-state index contributed by atoms with van der Waals surface area (Å²) in [7, 11) is 1.73. The minimum Gasteiger partial charge on any atom is -0.449 e. The molecule has 0 radical (unpaired) electrons. The summed E-state index contributed by atoms with van der Waals surface area (Å²) in [5, 5.41) is 0.797. The fraction of sp³-hybridized carbons (Fsp3) is 0.346. The normalized spacial score (nSPS) is 14.4. The van der Waals surface area contributed by atoms with Gasteiger partial charge in [-0.05, 0) is 49.8 Å². The molecule has 0 aliphatic heterocycles. The zero-order chi connectivity index (χ0) is 21.8. The quantitative estimate of drug-likeness (QED) is 0.447. The van der Waals surface area contributed by atoms with Gasteiger partial charge in [0.05, 0.1) is 11.1 Å². The van der Waals surface area contributed by atoms with E-state index in [0.717, 1.165) is 59.8 Å². The average Bonchev–Trinajstić information content (AvgIpc) is 3.02. The Kier molecular flexibility index (Phi) is 6.31. The van der Waals surface area contributed by atoms with Crippen LogP contribution in [0.2, 0.25) is 0 Å². The predicted molar refractivity (Wildman–Crippen MR) is 121 cm³/mol. The van der Waals surface area contributed by atoms with Crippen molar-refractivity contribution in [2.24, 2.45) is 0 Å². The first kappa shape index (κ1) is 21.0. The summed E-state index contributed by atoms with van der Waals surface area (Å²) in [5.41, 5.74) is 4.38. The van der Waals surface area contributed by atoms with Crippen LogP contribution in [0.5, 0.6) is 0 Å². The standard InChI is InChI=1S/C26H28N2O3/c1-18(25(29)28(2)17-19-11-5-3-6-12-19)31-26(30)24-20-13-7-4-8-15-22(20)27-23-16-10-9-14-21(23)24/h3,5-6,9-12,14,16,18H,4,7-8,13,15,17H2,1-2H3/t18-/m0/s1. The van der Waals surface area contributed by atoms with Crippen LogP contribution >= 0.6 is 0 Å². The van der Waals surface area contributed by atoms with Crippen molar-refractivity contribution < 1.29 is 14.3 Å². The number of benzene rings is 2. The summed E-state index contributed by atoms with van der Waals surface area (Å²) in [6.45, 7) is 2.11.